The van der Waals surface area contributed by atoms with Crippen LogP contribution in [0.3, 0.4) is 0 Å². The van der Waals surface area contributed by atoms with Gasteiger partial charge in [-0.15, -0.1) is 0 Å². The van der Waals surface area contributed by atoms with Gasteiger partial charge < -0.3 is 4.90 Å². The van der Waals surface area contributed by atoms with E-state index in [4.69, 9.17) is 11.6 Å². The Hall–Kier alpha value is -1.92. The first-order valence-corrected chi connectivity index (χ1v) is 6.71. The van der Waals surface area contributed by atoms with Crippen molar-refractivity contribution in [2.24, 2.45) is 0 Å². The standard InChI is InChI=1S/C14H15ClFN3O2/c1-18(2)6-7-19-13(20)11(12(15)17-14(19)21)9-4-3-5-10(16)8-9/h3-5,8H,6-7H2,1-2H3,(H,17,21). The molecule has 0 saturated carbocycles. The van der Waals surface area contributed by atoms with Crippen molar-refractivity contribution in [2.45, 2.75) is 6.54 Å². The van der Waals surface area contributed by atoms with E-state index in [2.05, 4.69) is 4.98 Å². The lowest BCUT2D eigenvalue weighted by molar-refractivity contribution is 0.376. The van der Waals surface area contributed by atoms with E-state index in [0.717, 1.165) is 4.57 Å². The molecule has 1 aromatic heterocycles. The van der Waals surface area contributed by atoms with E-state index in [1.807, 2.05) is 19.0 Å². The first-order chi connectivity index (χ1) is 9.90. The summed E-state index contributed by atoms with van der Waals surface area (Å²) in [7, 11) is 3.67. The Bertz CT molecular complexity index is 768. The highest BCUT2D eigenvalue weighted by Gasteiger charge is 2.15. The molecule has 21 heavy (non-hydrogen) atoms. The Labute approximate surface area is 125 Å². The third-order valence-electron chi connectivity index (χ3n) is 3.02. The molecule has 0 spiro atoms. The maximum Gasteiger partial charge on any atom is 0.329 e. The molecule has 7 heteroatoms. The summed E-state index contributed by atoms with van der Waals surface area (Å²) in [5, 5.41) is -0.0864. The van der Waals surface area contributed by atoms with Gasteiger partial charge in [-0.25, -0.2) is 9.18 Å². The number of hydrogen-bond donors (Lipinski definition) is 1. The number of benzene rings is 1. The average molecular weight is 312 g/mol. The van der Waals surface area contributed by atoms with Gasteiger partial charge in [0.1, 0.15) is 11.0 Å². The molecule has 1 aromatic carbocycles. The second-order valence-corrected chi connectivity index (χ2v) is 5.27. The minimum Gasteiger partial charge on any atom is -0.308 e. The fourth-order valence-electron chi connectivity index (χ4n) is 1.94. The predicted octanol–water partition coefficient (Wildman–Crippen LogP) is 1.56. The molecule has 0 saturated heterocycles. The fraction of sp³-hybridized carbons (Fsp3) is 0.286. The van der Waals surface area contributed by atoms with Crippen LogP contribution in [0.25, 0.3) is 11.1 Å². The van der Waals surface area contributed by atoms with Crippen molar-refractivity contribution >= 4 is 11.6 Å². The van der Waals surface area contributed by atoms with Crippen LogP contribution in [0.15, 0.2) is 33.9 Å². The van der Waals surface area contributed by atoms with Crippen molar-refractivity contribution in [1.29, 1.82) is 0 Å². The number of H-pyrrole nitrogens is 1. The van der Waals surface area contributed by atoms with Crippen LogP contribution in [0, 0.1) is 5.82 Å². The van der Waals surface area contributed by atoms with Crippen LogP contribution < -0.4 is 11.2 Å². The minimum absolute atomic E-state index is 0.0864. The summed E-state index contributed by atoms with van der Waals surface area (Å²) in [5.74, 6) is -0.478. The van der Waals surface area contributed by atoms with Crippen LogP contribution >= 0.6 is 11.6 Å². The Kier molecular flexibility index (Phi) is 4.59. The van der Waals surface area contributed by atoms with Gasteiger partial charge in [0.15, 0.2) is 0 Å². The number of halogens is 2. The average Bonchev–Trinajstić information content (AvgIpc) is 2.37. The summed E-state index contributed by atoms with van der Waals surface area (Å²) in [4.78, 5) is 28.6. The van der Waals surface area contributed by atoms with E-state index in [9.17, 15) is 14.0 Å². The van der Waals surface area contributed by atoms with Gasteiger partial charge in [0.2, 0.25) is 0 Å². The van der Waals surface area contributed by atoms with Gasteiger partial charge in [0.25, 0.3) is 5.56 Å². The number of aromatic nitrogens is 2. The normalized spacial score (nSPS) is 11.1. The Morgan fingerprint density at radius 2 is 2.05 bits per heavy atom. The second kappa shape index (κ2) is 6.24. The monoisotopic (exact) mass is 311 g/mol. The third kappa shape index (κ3) is 3.40. The lowest BCUT2D eigenvalue weighted by Gasteiger charge is -2.12. The van der Waals surface area contributed by atoms with Crippen LogP contribution in [0.1, 0.15) is 0 Å². The van der Waals surface area contributed by atoms with Crippen LogP contribution in [0.5, 0.6) is 0 Å². The van der Waals surface area contributed by atoms with Crippen molar-refractivity contribution in [2.75, 3.05) is 20.6 Å². The summed E-state index contributed by atoms with van der Waals surface area (Å²) in [6.45, 7) is 0.744. The highest BCUT2D eigenvalue weighted by Crippen LogP contribution is 2.22. The molecular weight excluding hydrogens is 297 g/mol. The summed E-state index contributed by atoms with van der Waals surface area (Å²) in [6.07, 6.45) is 0. The molecule has 2 aromatic rings. The number of likely N-dealkylation sites (N-methyl/N-ethyl adjacent to an activating group) is 1. The fourth-order valence-corrected chi connectivity index (χ4v) is 2.21. The van der Waals surface area contributed by atoms with Gasteiger partial charge in [-0.05, 0) is 31.8 Å². The smallest absolute Gasteiger partial charge is 0.308 e. The zero-order valence-electron chi connectivity index (χ0n) is 11.7. The van der Waals surface area contributed by atoms with Gasteiger partial charge in [0.05, 0.1) is 5.56 Å². The molecule has 5 nitrogen and oxygen atoms in total. The minimum atomic E-state index is -0.577. The molecule has 0 unspecified atom stereocenters. The van der Waals surface area contributed by atoms with Gasteiger partial charge in [0, 0.05) is 13.1 Å². The van der Waals surface area contributed by atoms with Crippen LogP contribution in [0.4, 0.5) is 4.39 Å². The lowest BCUT2D eigenvalue weighted by atomic mass is 10.1. The second-order valence-electron chi connectivity index (χ2n) is 4.89. The predicted molar refractivity (Wildman–Crippen MR) is 80.3 cm³/mol. The van der Waals surface area contributed by atoms with Gasteiger partial charge in [-0.3, -0.25) is 14.3 Å². The van der Waals surface area contributed by atoms with Gasteiger partial charge in [-0.1, -0.05) is 23.7 Å². The summed E-state index contributed by atoms with van der Waals surface area (Å²) >= 11 is 5.95. The molecule has 0 radical (unpaired) electrons. The van der Waals surface area contributed by atoms with Crippen LogP contribution in [-0.2, 0) is 6.54 Å². The lowest BCUT2D eigenvalue weighted by Crippen LogP contribution is -2.38. The number of nitrogens with one attached hydrogen (secondary N) is 1. The molecule has 0 amide bonds. The van der Waals surface area contributed by atoms with Crippen molar-refractivity contribution in [3.63, 3.8) is 0 Å². The molecule has 0 aliphatic carbocycles. The Morgan fingerprint density at radius 3 is 2.67 bits per heavy atom. The Morgan fingerprint density at radius 1 is 1.33 bits per heavy atom. The zero-order valence-corrected chi connectivity index (χ0v) is 12.4. The highest BCUT2D eigenvalue weighted by molar-refractivity contribution is 6.32. The summed E-state index contributed by atoms with van der Waals surface area (Å²) in [5.41, 5.74) is -0.683. The molecule has 1 N–H and O–H groups in total. The van der Waals surface area contributed by atoms with E-state index in [1.54, 1.807) is 6.07 Å². The maximum atomic E-state index is 13.3. The molecule has 0 fully saturated rings. The summed E-state index contributed by atoms with van der Waals surface area (Å²) in [6, 6.07) is 5.53. The molecule has 1 heterocycles. The molecule has 2 rings (SSSR count). The molecule has 0 aliphatic heterocycles. The van der Waals surface area contributed by atoms with Crippen molar-refractivity contribution in [3.8, 4) is 11.1 Å². The van der Waals surface area contributed by atoms with Gasteiger partial charge in [-0.2, -0.15) is 0 Å². The number of hydrogen-bond acceptors (Lipinski definition) is 3. The van der Waals surface area contributed by atoms with E-state index < -0.39 is 17.1 Å². The van der Waals surface area contributed by atoms with Crippen LogP contribution in [0.2, 0.25) is 5.15 Å². The van der Waals surface area contributed by atoms with Crippen molar-refractivity contribution in [1.82, 2.24) is 14.5 Å². The third-order valence-corrected chi connectivity index (χ3v) is 3.31. The van der Waals surface area contributed by atoms with Gasteiger partial charge >= 0.3 is 5.69 Å². The van der Waals surface area contributed by atoms with Crippen molar-refractivity contribution in [3.05, 3.63) is 56.1 Å². The van der Waals surface area contributed by atoms with E-state index in [0.29, 0.717) is 12.1 Å². The molecule has 112 valence electrons. The topological polar surface area (TPSA) is 58.1 Å². The summed E-state index contributed by atoms with van der Waals surface area (Å²) < 4.78 is 14.4. The molecule has 0 bridgehead atoms. The highest BCUT2D eigenvalue weighted by atomic mass is 35.5. The molecular formula is C14H15ClFN3O2. The molecule has 0 atom stereocenters. The zero-order chi connectivity index (χ0) is 15.6. The number of rotatable bonds is 4. The van der Waals surface area contributed by atoms with Crippen LogP contribution in [-0.4, -0.2) is 35.1 Å². The number of nitrogens with zero attached hydrogens (tertiary/aromatic N) is 2. The Balaban J connectivity index is 2.59. The SMILES string of the molecule is CN(C)CCn1c(=O)[nH]c(Cl)c(-c2cccc(F)c2)c1=O. The molecule has 0 aliphatic rings. The number of aromatic amines is 1. The first kappa shape index (κ1) is 15.5. The van der Waals surface area contributed by atoms with E-state index >= 15 is 0 Å². The largest absolute Gasteiger partial charge is 0.329 e. The van der Waals surface area contributed by atoms with E-state index in [1.165, 1.54) is 18.2 Å². The van der Waals surface area contributed by atoms with Crippen molar-refractivity contribution < 1.29 is 4.39 Å². The quantitative estimate of drug-likeness (QED) is 0.872. The van der Waals surface area contributed by atoms with E-state index in [-0.39, 0.29) is 17.3 Å². The first-order valence-electron chi connectivity index (χ1n) is 6.33. The maximum absolute atomic E-state index is 13.3.